The first kappa shape index (κ1) is 8.94. The number of nitrogens with one attached hydrogen (secondary N) is 1. The number of pyridine rings is 1. The van der Waals surface area contributed by atoms with E-state index in [1.807, 2.05) is 26.0 Å². The lowest BCUT2D eigenvalue weighted by Crippen LogP contribution is -1.94. The minimum absolute atomic E-state index is 0.155. The van der Waals surface area contributed by atoms with Crippen LogP contribution in [0.25, 0.3) is 11.0 Å². The lowest BCUT2D eigenvalue weighted by atomic mass is 10.1. The van der Waals surface area contributed by atoms with Crippen LogP contribution in [0, 0.1) is 6.92 Å². The number of H-pyrrole nitrogens is 1. The SMILES string of the molecule is CCC(=O)c1c[nH]c2nc(C)ccc12. The smallest absolute Gasteiger partial charge is 0.164 e. The molecule has 2 rings (SSSR count). The van der Waals surface area contributed by atoms with Crippen LogP contribution >= 0.6 is 0 Å². The summed E-state index contributed by atoms with van der Waals surface area (Å²) in [6.45, 7) is 3.80. The van der Waals surface area contributed by atoms with Gasteiger partial charge in [0, 0.05) is 29.3 Å². The van der Waals surface area contributed by atoms with Crippen molar-refractivity contribution in [2.45, 2.75) is 20.3 Å². The number of Topliss-reactive ketones (excluding diaryl/α,β-unsaturated/α-hetero) is 1. The molecule has 0 fully saturated rings. The largest absolute Gasteiger partial charge is 0.345 e. The number of hydrogen-bond acceptors (Lipinski definition) is 2. The monoisotopic (exact) mass is 188 g/mol. The topological polar surface area (TPSA) is 45.8 Å². The van der Waals surface area contributed by atoms with E-state index in [2.05, 4.69) is 9.97 Å². The molecule has 0 aliphatic carbocycles. The summed E-state index contributed by atoms with van der Waals surface area (Å²) < 4.78 is 0. The average Bonchev–Trinajstić information content (AvgIpc) is 2.59. The van der Waals surface area contributed by atoms with Crippen molar-refractivity contribution in [2.75, 3.05) is 0 Å². The van der Waals surface area contributed by atoms with E-state index in [0.717, 1.165) is 22.3 Å². The standard InChI is InChI=1S/C11H12N2O/c1-3-10(14)9-6-12-11-8(9)5-4-7(2)13-11/h4-6H,3H2,1-2H3,(H,12,13). The number of hydrogen-bond donors (Lipinski definition) is 1. The van der Waals surface area contributed by atoms with Gasteiger partial charge >= 0.3 is 0 Å². The maximum Gasteiger partial charge on any atom is 0.164 e. The summed E-state index contributed by atoms with van der Waals surface area (Å²) in [6.07, 6.45) is 2.27. The number of fused-ring (bicyclic) bond motifs is 1. The van der Waals surface area contributed by atoms with E-state index in [1.165, 1.54) is 0 Å². The third-order valence-corrected chi connectivity index (χ3v) is 2.30. The minimum Gasteiger partial charge on any atom is -0.345 e. The Morgan fingerprint density at radius 1 is 1.50 bits per heavy atom. The van der Waals surface area contributed by atoms with Crippen molar-refractivity contribution in [3.05, 3.63) is 29.6 Å². The highest BCUT2D eigenvalue weighted by molar-refractivity contribution is 6.06. The molecule has 0 unspecified atom stereocenters. The first-order valence-corrected chi connectivity index (χ1v) is 4.70. The zero-order valence-electron chi connectivity index (χ0n) is 8.29. The van der Waals surface area contributed by atoms with E-state index in [0.29, 0.717) is 6.42 Å². The molecule has 14 heavy (non-hydrogen) atoms. The Morgan fingerprint density at radius 2 is 2.29 bits per heavy atom. The van der Waals surface area contributed by atoms with Gasteiger partial charge < -0.3 is 4.98 Å². The Labute approximate surface area is 82.2 Å². The molecule has 0 spiro atoms. The van der Waals surface area contributed by atoms with E-state index in [9.17, 15) is 4.79 Å². The van der Waals surface area contributed by atoms with Crippen molar-refractivity contribution in [1.82, 2.24) is 9.97 Å². The van der Waals surface area contributed by atoms with Gasteiger partial charge in [0.1, 0.15) is 5.65 Å². The van der Waals surface area contributed by atoms with Crippen LogP contribution < -0.4 is 0 Å². The van der Waals surface area contributed by atoms with Gasteiger partial charge in [0.2, 0.25) is 0 Å². The summed E-state index contributed by atoms with van der Waals surface area (Å²) in [6, 6.07) is 3.86. The normalized spacial score (nSPS) is 10.7. The maximum atomic E-state index is 11.5. The molecule has 2 heterocycles. The van der Waals surface area contributed by atoms with Crippen molar-refractivity contribution in [1.29, 1.82) is 0 Å². The number of carbonyl (C=O) groups excluding carboxylic acids is 1. The Balaban J connectivity index is 2.64. The van der Waals surface area contributed by atoms with Gasteiger partial charge in [-0.05, 0) is 19.1 Å². The van der Waals surface area contributed by atoms with Gasteiger partial charge in [-0.25, -0.2) is 4.98 Å². The summed E-state index contributed by atoms with van der Waals surface area (Å²) in [5, 5.41) is 0.919. The molecule has 0 aliphatic heterocycles. The molecule has 0 aliphatic rings. The Bertz CT molecular complexity index is 485. The van der Waals surface area contributed by atoms with Crippen molar-refractivity contribution in [3.8, 4) is 0 Å². The van der Waals surface area contributed by atoms with E-state index >= 15 is 0 Å². The Kier molecular flexibility index (Phi) is 2.08. The van der Waals surface area contributed by atoms with Crippen molar-refractivity contribution in [3.63, 3.8) is 0 Å². The predicted molar refractivity (Wildman–Crippen MR) is 55.5 cm³/mol. The molecule has 0 saturated carbocycles. The molecule has 72 valence electrons. The summed E-state index contributed by atoms with van der Waals surface area (Å²) in [4.78, 5) is 18.8. The second-order valence-electron chi connectivity index (χ2n) is 3.33. The van der Waals surface area contributed by atoms with Crippen LogP contribution in [0.5, 0.6) is 0 Å². The van der Waals surface area contributed by atoms with Crippen LogP contribution in [0.15, 0.2) is 18.3 Å². The van der Waals surface area contributed by atoms with Crippen LogP contribution in [0.1, 0.15) is 29.4 Å². The van der Waals surface area contributed by atoms with Crippen LogP contribution in [-0.4, -0.2) is 15.8 Å². The van der Waals surface area contributed by atoms with E-state index in [4.69, 9.17) is 0 Å². The molecule has 3 heteroatoms. The molecule has 3 nitrogen and oxygen atoms in total. The highest BCUT2D eigenvalue weighted by Crippen LogP contribution is 2.18. The molecule has 0 aromatic carbocycles. The molecule has 0 bridgehead atoms. The molecule has 2 aromatic rings. The Hall–Kier alpha value is -1.64. The number of nitrogens with zero attached hydrogens (tertiary/aromatic N) is 1. The third-order valence-electron chi connectivity index (χ3n) is 2.30. The molecule has 0 saturated heterocycles. The van der Waals surface area contributed by atoms with Crippen LogP contribution in [-0.2, 0) is 0 Å². The predicted octanol–water partition coefficient (Wildman–Crippen LogP) is 2.46. The van der Waals surface area contributed by atoms with Crippen molar-refractivity contribution in [2.24, 2.45) is 0 Å². The lowest BCUT2D eigenvalue weighted by Gasteiger charge is -1.95. The van der Waals surface area contributed by atoms with Gasteiger partial charge in [0.25, 0.3) is 0 Å². The summed E-state index contributed by atoms with van der Waals surface area (Å²) in [7, 11) is 0. The fourth-order valence-corrected chi connectivity index (χ4v) is 1.52. The van der Waals surface area contributed by atoms with Crippen LogP contribution in [0.3, 0.4) is 0 Å². The quantitative estimate of drug-likeness (QED) is 0.736. The molecule has 0 radical (unpaired) electrons. The van der Waals surface area contributed by atoms with Gasteiger partial charge in [-0.15, -0.1) is 0 Å². The number of rotatable bonds is 2. The number of aromatic nitrogens is 2. The van der Waals surface area contributed by atoms with Gasteiger partial charge in [-0.1, -0.05) is 6.92 Å². The van der Waals surface area contributed by atoms with E-state index in [1.54, 1.807) is 6.20 Å². The second-order valence-corrected chi connectivity index (χ2v) is 3.33. The number of ketones is 1. The lowest BCUT2D eigenvalue weighted by molar-refractivity contribution is 0.0990. The van der Waals surface area contributed by atoms with E-state index < -0.39 is 0 Å². The van der Waals surface area contributed by atoms with Crippen LogP contribution in [0.2, 0.25) is 0 Å². The zero-order chi connectivity index (χ0) is 10.1. The first-order valence-electron chi connectivity index (χ1n) is 4.70. The third kappa shape index (κ3) is 1.31. The highest BCUT2D eigenvalue weighted by Gasteiger charge is 2.10. The average molecular weight is 188 g/mol. The Morgan fingerprint density at radius 3 is 3.00 bits per heavy atom. The summed E-state index contributed by atoms with van der Waals surface area (Å²) in [5.74, 6) is 0.155. The molecule has 2 aromatic heterocycles. The zero-order valence-corrected chi connectivity index (χ0v) is 8.29. The van der Waals surface area contributed by atoms with Gasteiger partial charge in [0.05, 0.1) is 0 Å². The molecule has 0 amide bonds. The second kappa shape index (κ2) is 3.25. The highest BCUT2D eigenvalue weighted by atomic mass is 16.1. The van der Waals surface area contributed by atoms with E-state index in [-0.39, 0.29) is 5.78 Å². The minimum atomic E-state index is 0.155. The number of carbonyl (C=O) groups is 1. The van der Waals surface area contributed by atoms with Crippen molar-refractivity contribution >= 4 is 16.8 Å². The van der Waals surface area contributed by atoms with Gasteiger partial charge in [-0.3, -0.25) is 4.79 Å². The maximum absolute atomic E-state index is 11.5. The summed E-state index contributed by atoms with van der Waals surface area (Å²) >= 11 is 0. The molecular formula is C11H12N2O. The van der Waals surface area contributed by atoms with Crippen LogP contribution in [0.4, 0.5) is 0 Å². The number of aryl methyl sites for hydroxylation is 1. The molecule has 1 N–H and O–H groups in total. The molecule has 0 atom stereocenters. The first-order chi connectivity index (χ1) is 6.72. The fraction of sp³-hybridized carbons (Fsp3) is 0.273. The molecular weight excluding hydrogens is 176 g/mol. The fourth-order valence-electron chi connectivity index (χ4n) is 1.52. The summed E-state index contributed by atoms with van der Waals surface area (Å²) in [5.41, 5.74) is 2.49. The van der Waals surface area contributed by atoms with Gasteiger partial charge in [0.15, 0.2) is 5.78 Å². The number of aromatic amines is 1. The van der Waals surface area contributed by atoms with Crippen molar-refractivity contribution < 1.29 is 4.79 Å². The van der Waals surface area contributed by atoms with Gasteiger partial charge in [-0.2, -0.15) is 0 Å².